The van der Waals surface area contributed by atoms with Gasteiger partial charge >= 0.3 is 0 Å². The lowest BCUT2D eigenvalue weighted by molar-refractivity contribution is -0.384. The summed E-state index contributed by atoms with van der Waals surface area (Å²) in [5, 5.41) is 13.6. The van der Waals surface area contributed by atoms with Gasteiger partial charge in [0.1, 0.15) is 0 Å². The molecule has 2 aromatic carbocycles. The summed E-state index contributed by atoms with van der Waals surface area (Å²) in [6.45, 7) is 6.34. The first kappa shape index (κ1) is 19.8. The number of thioether (sulfide) groups is 1. The van der Waals surface area contributed by atoms with E-state index in [1.165, 1.54) is 29.5 Å². The maximum Gasteiger partial charge on any atom is 0.269 e. The molecule has 0 aromatic heterocycles. The van der Waals surface area contributed by atoms with Crippen molar-refractivity contribution in [2.24, 2.45) is 0 Å². The standard InChI is InChI=1S/C19H23N3O3S/c1-3-21(17-6-4-5-15(2)13-17)12-11-20-19(23)14-26-18-9-7-16(8-10-18)22(24)25/h4-10,13H,3,11-12,14H2,1-2H3,(H,20,23). The van der Waals surface area contributed by atoms with E-state index < -0.39 is 4.92 Å². The molecule has 0 unspecified atom stereocenters. The van der Waals surface area contributed by atoms with E-state index in [0.717, 1.165) is 23.7 Å². The molecule has 26 heavy (non-hydrogen) atoms. The number of carbonyl (C=O) groups is 1. The predicted molar refractivity (Wildman–Crippen MR) is 106 cm³/mol. The number of benzene rings is 2. The summed E-state index contributed by atoms with van der Waals surface area (Å²) in [5.41, 5.74) is 2.42. The van der Waals surface area contributed by atoms with E-state index in [-0.39, 0.29) is 17.3 Å². The first-order valence-electron chi connectivity index (χ1n) is 8.45. The zero-order chi connectivity index (χ0) is 18.9. The quantitative estimate of drug-likeness (QED) is 0.413. The van der Waals surface area contributed by atoms with Crippen molar-refractivity contribution in [2.45, 2.75) is 18.7 Å². The fourth-order valence-corrected chi connectivity index (χ4v) is 3.22. The molecule has 2 aromatic rings. The smallest absolute Gasteiger partial charge is 0.269 e. The van der Waals surface area contributed by atoms with Gasteiger partial charge in [-0.3, -0.25) is 14.9 Å². The third-order valence-electron chi connectivity index (χ3n) is 3.87. The van der Waals surface area contributed by atoms with Gasteiger partial charge in [-0.2, -0.15) is 0 Å². The molecule has 0 saturated carbocycles. The maximum absolute atomic E-state index is 12.0. The summed E-state index contributed by atoms with van der Waals surface area (Å²) in [7, 11) is 0. The Morgan fingerprint density at radius 1 is 1.23 bits per heavy atom. The summed E-state index contributed by atoms with van der Waals surface area (Å²) in [6, 6.07) is 14.5. The van der Waals surface area contributed by atoms with Crippen LogP contribution in [-0.4, -0.2) is 36.2 Å². The van der Waals surface area contributed by atoms with Crippen LogP contribution in [0.25, 0.3) is 0 Å². The maximum atomic E-state index is 12.0. The van der Waals surface area contributed by atoms with Gasteiger partial charge in [0, 0.05) is 42.3 Å². The Balaban J connectivity index is 1.75. The molecule has 1 amide bonds. The van der Waals surface area contributed by atoms with Crippen molar-refractivity contribution in [3.8, 4) is 0 Å². The molecule has 0 saturated heterocycles. The number of amides is 1. The number of likely N-dealkylation sites (N-methyl/N-ethyl adjacent to an activating group) is 1. The normalized spacial score (nSPS) is 10.4. The number of hydrogen-bond donors (Lipinski definition) is 1. The first-order valence-corrected chi connectivity index (χ1v) is 9.43. The van der Waals surface area contributed by atoms with Crippen LogP contribution >= 0.6 is 11.8 Å². The van der Waals surface area contributed by atoms with Crippen LogP contribution in [0, 0.1) is 17.0 Å². The van der Waals surface area contributed by atoms with Crippen LogP contribution in [0.1, 0.15) is 12.5 Å². The Bertz CT molecular complexity index is 750. The number of carbonyl (C=O) groups excluding carboxylic acids is 1. The summed E-state index contributed by atoms with van der Waals surface area (Å²) < 4.78 is 0. The summed E-state index contributed by atoms with van der Waals surface area (Å²) >= 11 is 1.36. The Kier molecular flexibility index (Phi) is 7.47. The predicted octanol–water partition coefficient (Wildman–Crippen LogP) is 3.64. The highest BCUT2D eigenvalue weighted by Crippen LogP contribution is 2.21. The lowest BCUT2D eigenvalue weighted by Gasteiger charge is -2.23. The van der Waals surface area contributed by atoms with Crippen molar-refractivity contribution >= 4 is 29.0 Å². The van der Waals surface area contributed by atoms with Gasteiger partial charge in [0.15, 0.2) is 0 Å². The molecule has 138 valence electrons. The third-order valence-corrected chi connectivity index (χ3v) is 4.88. The number of nitro benzene ring substituents is 1. The number of anilines is 1. The molecule has 0 aliphatic carbocycles. The Hall–Kier alpha value is -2.54. The lowest BCUT2D eigenvalue weighted by atomic mass is 10.2. The molecule has 0 atom stereocenters. The highest BCUT2D eigenvalue weighted by Gasteiger charge is 2.08. The number of non-ortho nitro benzene ring substituents is 1. The van der Waals surface area contributed by atoms with Crippen molar-refractivity contribution in [1.29, 1.82) is 0 Å². The molecule has 1 N–H and O–H groups in total. The number of nitro groups is 1. The summed E-state index contributed by atoms with van der Waals surface area (Å²) in [4.78, 5) is 25.2. The van der Waals surface area contributed by atoms with Gasteiger partial charge in [-0.05, 0) is 43.7 Å². The van der Waals surface area contributed by atoms with Gasteiger partial charge in [0.2, 0.25) is 5.91 Å². The van der Waals surface area contributed by atoms with Crippen molar-refractivity contribution in [3.05, 3.63) is 64.2 Å². The molecule has 0 bridgehead atoms. The number of nitrogens with zero attached hydrogens (tertiary/aromatic N) is 2. The largest absolute Gasteiger partial charge is 0.370 e. The Labute approximate surface area is 157 Å². The van der Waals surface area contributed by atoms with Crippen LogP contribution in [0.15, 0.2) is 53.4 Å². The zero-order valence-electron chi connectivity index (χ0n) is 15.0. The SMILES string of the molecule is CCN(CCNC(=O)CSc1ccc([N+](=O)[O-])cc1)c1cccc(C)c1. The van der Waals surface area contributed by atoms with Crippen LogP contribution < -0.4 is 10.2 Å². The second kappa shape index (κ2) is 9.82. The molecular formula is C19H23N3O3S. The topological polar surface area (TPSA) is 75.5 Å². The second-order valence-corrected chi connectivity index (χ2v) is 6.86. The summed E-state index contributed by atoms with van der Waals surface area (Å²) in [5.74, 6) is 0.239. The van der Waals surface area contributed by atoms with Crippen LogP contribution in [0.3, 0.4) is 0 Å². The number of nitrogens with one attached hydrogen (secondary N) is 1. The third kappa shape index (κ3) is 6.07. The average molecular weight is 373 g/mol. The summed E-state index contributed by atoms with van der Waals surface area (Å²) in [6.07, 6.45) is 0. The number of aryl methyl sites for hydroxylation is 1. The molecule has 0 aliphatic rings. The first-order chi connectivity index (χ1) is 12.5. The van der Waals surface area contributed by atoms with E-state index in [9.17, 15) is 14.9 Å². The molecule has 0 fully saturated rings. The molecule has 6 nitrogen and oxygen atoms in total. The zero-order valence-corrected chi connectivity index (χ0v) is 15.8. The lowest BCUT2D eigenvalue weighted by Crippen LogP contribution is -2.35. The van der Waals surface area contributed by atoms with Gasteiger partial charge in [-0.25, -0.2) is 0 Å². The van der Waals surface area contributed by atoms with Crippen molar-refractivity contribution in [3.63, 3.8) is 0 Å². The fraction of sp³-hybridized carbons (Fsp3) is 0.316. The minimum Gasteiger partial charge on any atom is -0.370 e. The number of hydrogen-bond acceptors (Lipinski definition) is 5. The fourth-order valence-electron chi connectivity index (χ4n) is 2.49. The van der Waals surface area contributed by atoms with E-state index in [1.54, 1.807) is 12.1 Å². The molecule has 0 aliphatic heterocycles. The van der Waals surface area contributed by atoms with Gasteiger partial charge < -0.3 is 10.2 Å². The van der Waals surface area contributed by atoms with Crippen molar-refractivity contribution in [2.75, 3.05) is 30.3 Å². The van der Waals surface area contributed by atoms with E-state index in [2.05, 4.69) is 42.3 Å². The van der Waals surface area contributed by atoms with E-state index in [1.807, 2.05) is 6.07 Å². The number of rotatable bonds is 9. The van der Waals surface area contributed by atoms with E-state index in [0.29, 0.717) is 6.54 Å². The molecular weight excluding hydrogens is 350 g/mol. The minimum atomic E-state index is -0.436. The molecule has 0 radical (unpaired) electrons. The van der Waals surface area contributed by atoms with Crippen molar-refractivity contribution < 1.29 is 9.72 Å². The molecule has 2 rings (SSSR count). The Morgan fingerprint density at radius 3 is 2.58 bits per heavy atom. The van der Waals surface area contributed by atoms with Crippen LogP contribution in [0.5, 0.6) is 0 Å². The van der Waals surface area contributed by atoms with Gasteiger partial charge in [0.05, 0.1) is 10.7 Å². The molecule has 7 heteroatoms. The highest BCUT2D eigenvalue weighted by atomic mass is 32.2. The molecule has 0 spiro atoms. The average Bonchev–Trinajstić information content (AvgIpc) is 2.64. The van der Waals surface area contributed by atoms with Gasteiger partial charge in [0.25, 0.3) is 5.69 Å². The second-order valence-electron chi connectivity index (χ2n) is 5.81. The van der Waals surface area contributed by atoms with Crippen LogP contribution in [0.4, 0.5) is 11.4 Å². The van der Waals surface area contributed by atoms with Gasteiger partial charge in [-0.15, -0.1) is 11.8 Å². The minimum absolute atomic E-state index is 0.0475. The highest BCUT2D eigenvalue weighted by molar-refractivity contribution is 8.00. The van der Waals surface area contributed by atoms with E-state index >= 15 is 0 Å². The van der Waals surface area contributed by atoms with Crippen LogP contribution in [-0.2, 0) is 4.79 Å². The van der Waals surface area contributed by atoms with E-state index in [4.69, 9.17) is 0 Å². The van der Waals surface area contributed by atoms with Crippen molar-refractivity contribution in [1.82, 2.24) is 5.32 Å². The van der Waals surface area contributed by atoms with Crippen LogP contribution in [0.2, 0.25) is 0 Å². The monoisotopic (exact) mass is 373 g/mol. The van der Waals surface area contributed by atoms with Gasteiger partial charge in [-0.1, -0.05) is 12.1 Å². The molecule has 0 heterocycles. The Morgan fingerprint density at radius 2 is 1.96 bits per heavy atom.